The smallest absolute Gasteiger partial charge is 0.165 e. The largest absolute Gasteiger partial charge is 0.382 e. The Morgan fingerprint density at radius 3 is 2.71 bits per heavy atom. The molecular weight excluding hydrogens is 224 g/mol. The molecule has 0 spiro atoms. The molecule has 1 aromatic heterocycles. The van der Waals surface area contributed by atoms with Gasteiger partial charge in [-0.3, -0.25) is 4.98 Å². The van der Waals surface area contributed by atoms with Crippen LogP contribution in [0.3, 0.4) is 0 Å². The number of nitrogens with zero attached hydrogens (tertiary/aromatic N) is 1. The fourth-order valence-corrected chi connectivity index (χ4v) is 1.60. The summed E-state index contributed by atoms with van der Waals surface area (Å²) in [6.45, 7) is 1.83. The second-order valence-corrected chi connectivity index (χ2v) is 3.80. The maximum Gasteiger partial charge on any atom is 0.165 e. The fourth-order valence-electron chi connectivity index (χ4n) is 1.60. The highest BCUT2D eigenvalue weighted by atomic mass is 19.2. The third kappa shape index (κ3) is 2.31. The van der Waals surface area contributed by atoms with Gasteiger partial charge in [0.15, 0.2) is 11.6 Å². The van der Waals surface area contributed by atoms with E-state index in [1.165, 1.54) is 18.3 Å². The molecule has 1 aromatic carbocycles. The van der Waals surface area contributed by atoms with Crippen molar-refractivity contribution in [3.05, 3.63) is 65.0 Å². The van der Waals surface area contributed by atoms with Crippen molar-refractivity contribution in [2.75, 3.05) is 0 Å². The molecule has 0 bridgehead atoms. The Balaban J connectivity index is 2.44. The van der Waals surface area contributed by atoms with Crippen molar-refractivity contribution in [1.29, 1.82) is 0 Å². The van der Waals surface area contributed by atoms with Crippen LogP contribution >= 0.6 is 0 Å². The molecule has 2 nitrogen and oxygen atoms in total. The molecule has 4 heteroatoms. The summed E-state index contributed by atoms with van der Waals surface area (Å²) in [5.41, 5.74) is 1.09. The Labute approximate surface area is 97.6 Å². The lowest BCUT2D eigenvalue weighted by molar-refractivity contribution is 0.208. The van der Waals surface area contributed by atoms with Crippen LogP contribution in [0.15, 0.2) is 36.5 Å². The Kier molecular flexibility index (Phi) is 3.15. The Morgan fingerprint density at radius 1 is 1.24 bits per heavy atom. The van der Waals surface area contributed by atoms with Crippen molar-refractivity contribution in [2.24, 2.45) is 0 Å². The van der Waals surface area contributed by atoms with E-state index in [1.807, 2.05) is 6.92 Å². The number of benzene rings is 1. The van der Waals surface area contributed by atoms with Gasteiger partial charge in [-0.1, -0.05) is 12.1 Å². The lowest BCUT2D eigenvalue weighted by Crippen LogP contribution is -2.06. The molecule has 1 N–H and O–H groups in total. The molecule has 0 saturated heterocycles. The average Bonchev–Trinajstić information content (AvgIpc) is 2.32. The second kappa shape index (κ2) is 4.59. The van der Waals surface area contributed by atoms with Crippen molar-refractivity contribution < 1.29 is 13.9 Å². The molecule has 1 heterocycles. The van der Waals surface area contributed by atoms with E-state index in [0.29, 0.717) is 5.69 Å². The van der Waals surface area contributed by atoms with Crippen molar-refractivity contribution in [1.82, 2.24) is 4.98 Å². The minimum absolute atomic E-state index is 0.108. The van der Waals surface area contributed by atoms with Gasteiger partial charge in [0.2, 0.25) is 0 Å². The molecule has 17 heavy (non-hydrogen) atoms. The van der Waals surface area contributed by atoms with E-state index in [-0.39, 0.29) is 5.56 Å². The zero-order chi connectivity index (χ0) is 12.4. The van der Waals surface area contributed by atoms with Gasteiger partial charge in [0.25, 0.3) is 0 Å². The Bertz CT molecular complexity index is 543. The van der Waals surface area contributed by atoms with Gasteiger partial charge in [-0.2, -0.15) is 0 Å². The fraction of sp³-hybridized carbons (Fsp3) is 0.154. The van der Waals surface area contributed by atoms with Gasteiger partial charge in [0.1, 0.15) is 6.10 Å². The van der Waals surface area contributed by atoms with Crippen LogP contribution in [0.5, 0.6) is 0 Å². The number of halogens is 2. The number of aryl methyl sites for hydroxylation is 1. The minimum atomic E-state index is -1.26. The van der Waals surface area contributed by atoms with E-state index in [9.17, 15) is 13.9 Å². The predicted molar refractivity (Wildman–Crippen MR) is 59.4 cm³/mol. The number of pyridine rings is 1. The second-order valence-electron chi connectivity index (χ2n) is 3.80. The zero-order valence-corrected chi connectivity index (χ0v) is 9.19. The number of aromatic nitrogens is 1. The maximum atomic E-state index is 13.5. The van der Waals surface area contributed by atoms with Gasteiger partial charge in [-0.25, -0.2) is 8.78 Å². The molecule has 2 rings (SSSR count). The maximum absolute atomic E-state index is 13.5. The summed E-state index contributed by atoms with van der Waals surface area (Å²) in [5.74, 6) is -2.02. The first-order valence-corrected chi connectivity index (χ1v) is 5.14. The van der Waals surface area contributed by atoms with Crippen LogP contribution in [0.4, 0.5) is 8.78 Å². The Morgan fingerprint density at radius 2 is 2.00 bits per heavy atom. The van der Waals surface area contributed by atoms with E-state index in [4.69, 9.17) is 0 Å². The summed E-state index contributed by atoms with van der Waals surface area (Å²) in [5, 5.41) is 9.95. The monoisotopic (exact) mass is 235 g/mol. The SMILES string of the molecule is Cc1ccnc(C(O)c2cccc(F)c2F)c1. The lowest BCUT2D eigenvalue weighted by atomic mass is 10.0. The quantitative estimate of drug-likeness (QED) is 0.868. The summed E-state index contributed by atoms with van der Waals surface area (Å²) in [7, 11) is 0. The normalized spacial score (nSPS) is 12.5. The van der Waals surface area contributed by atoms with Crippen LogP contribution in [0.1, 0.15) is 22.9 Å². The highest BCUT2D eigenvalue weighted by molar-refractivity contribution is 5.29. The third-order valence-electron chi connectivity index (χ3n) is 2.49. The highest BCUT2D eigenvalue weighted by Crippen LogP contribution is 2.24. The van der Waals surface area contributed by atoms with Crippen LogP contribution in [0, 0.1) is 18.6 Å². The summed E-state index contributed by atoms with van der Waals surface area (Å²) in [6, 6.07) is 7.10. The molecule has 0 aliphatic carbocycles. The first-order valence-electron chi connectivity index (χ1n) is 5.14. The van der Waals surface area contributed by atoms with E-state index in [2.05, 4.69) is 4.98 Å². The number of rotatable bonds is 2. The molecule has 0 saturated carbocycles. The van der Waals surface area contributed by atoms with Gasteiger partial charge in [-0.15, -0.1) is 0 Å². The summed E-state index contributed by atoms with van der Waals surface area (Å²) in [4.78, 5) is 3.95. The van der Waals surface area contributed by atoms with E-state index in [0.717, 1.165) is 11.6 Å². The molecular formula is C13H11F2NO. The number of aliphatic hydroxyl groups excluding tert-OH is 1. The summed E-state index contributed by atoms with van der Waals surface area (Å²) in [6.07, 6.45) is 0.260. The number of hydrogen-bond acceptors (Lipinski definition) is 2. The van der Waals surface area contributed by atoms with Crippen molar-refractivity contribution in [2.45, 2.75) is 13.0 Å². The zero-order valence-electron chi connectivity index (χ0n) is 9.19. The molecule has 0 aliphatic heterocycles. The molecule has 0 fully saturated rings. The van der Waals surface area contributed by atoms with Crippen LogP contribution in [0.2, 0.25) is 0 Å². The molecule has 2 aromatic rings. The molecule has 0 amide bonds. The topological polar surface area (TPSA) is 33.1 Å². The third-order valence-corrected chi connectivity index (χ3v) is 2.49. The van der Waals surface area contributed by atoms with Crippen molar-refractivity contribution >= 4 is 0 Å². The van der Waals surface area contributed by atoms with Crippen molar-refractivity contribution in [3.8, 4) is 0 Å². The van der Waals surface area contributed by atoms with Crippen LogP contribution < -0.4 is 0 Å². The van der Waals surface area contributed by atoms with Gasteiger partial charge < -0.3 is 5.11 Å². The van der Waals surface area contributed by atoms with Crippen LogP contribution in [0.25, 0.3) is 0 Å². The summed E-state index contributed by atoms with van der Waals surface area (Å²) >= 11 is 0. The molecule has 0 aliphatic rings. The highest BCUT2D eigenvalue weighted by Gasteiger charge is 2.18. The van der Waals surface area contributed by atoms with Crippen LogP contribution in [-0.2, 0) is 0 Å². The molecule has 88 valence electrons. The standard InChI is InChI=1S/C13H11F2NO/c1-8-5-6-16-11(7-8)13(17)9-3-2-4-10(14)12(9)15/h2-7,13,17H,1H3. The van der Waals surface area contributed by atoms with Crippen LogP contribution in [-0.4, -0.2) is 10.1 Å². The van der Waals surface area contributed by atoms with E-state index in [1.54, 1.807) is 12.1 Å². The minimum Gasteiger partial charge on any atom is -0.382 e. The van der Waals surface area contributed by atoms with E-state index >= 15 is 0 Å². The average molecular weight is 235 g/mol. The van der Waals surface area contributed by atoms with Gasteiger partial charge >= 0.3 is 0 Å². The molecule has 1 atom stereocenters. The number of aliphatic hydroxyl groups is 1. The first-order chi connectivity index (χ1) is 8.09. The van der Waals surface area contributed by atoms with Gasteiger partial charge in [0.05, 0.1) is 5.69 Å². The Hall–Kier alpha value is -1.81. The van der Waals surface area contributed by atoms with Crippen molar-refractivity contribution in [3.63, 3.8) is 0 Å². The van der Waals surface area contributed by atoms with Gasteiger partial charge in [0, 0.05) is 11.8 Å². The molecule has 1 unspecified atom stereocenters. The van der Waals surface area contributed by atoms with Gasteiger partial charge in [-0.05, 0) is 30.7 Å². The summed E-state index contributed by atoms with van der Waals surface area (Å²) < 4.78 is 26.5. The first kappa shape index (κ1) is 11.7. The predicted octanol–water partition coefficient (Wildman–Crippen LogP) is 2.75. The molecule has 0 radical (unpaired) electrons. The number of hydrogen-bond donors (Lipinski definition) is 1. The lowest BCUT2D eigenvalue weighted by Gasteiger charge is -2.12. The van der Waals surface area contributed by atoms with E-state index < -0.39 is 17.7 Å².